The molecule has 0 radical (unpaired) electrons. The molecule has 1 heterocycles. The van der Waals surface area contributed by atoms with E-state index in [1.165, 1.54) is 0 Å². The number of nitriles is 1. The van der Waals surface area contributed by atoms with E-state index in [-0.39, 0.29) is 0 Å². The average molecular weight is 324 g/mol. The van der Waals surface area contributed by atoms with Gasteiger partial charge in [0.25, 0.3) is 0 Å². The number of halogens is 1. The second kappa shape index (κ2) is 6.90. The van der Waals surface area contributed by atoms with E-state index in [2.05, 4.69) is 39.1 Å². The van der Waals surface area contributed by atoms with E-state index in [9.17, 15) is 0 Å². The Morgan fingerprint density at radius 3 is 2.84 bits per heavy atom. The highest BCUT2D eigenvalue weighted by molar-refractivity contribution is 9.10. The fourth-order valence-corrected chi connectivity index (χ4v) is 2.66. The van der Waals surface area contributed by atoms with Crippen molar-refractivity contribution in [1.29, 1.82) is 5.26 Å². The minimum atomic E-state index is 0.359. The third-order valence-corrected chi connectivity index (χ3v) is 3.79. The maximum atomic E-state index is 8.89. The number of anilines is 1. The first-order chi connectivity index (χ1) is 9.19. The van der Waals surface area contributed by atoms with Crippen molar-refractivity contribution in [2.45, 2.75) is 13.0 Å². The quantitative estimate of drug-likeness (QED) is 0.924. The van der Waals surface area contributed by atoms with Crippen molar-refractivity contribution < 1.29 is 4.74 Å². The Morgan fingerprint density at radius 1 is 1.47 bits per heavy atom. The summed E-state index contributed by atoms with van der Waals surface area (Å²) in [5.41, 5.74) is 1.69. The molecular weight excluding hydrogens is 306 g/mol. The standard InChI is InChI=1S/C14H18BrN3O/c1-11(10-18-4-6-19-7-5-18)17-13-3-2-12(9-16)14(15)8-13/h2-3,8,11,17H,4-7,10H2,1H3. The van der Waals surface area contributed by atoms with Crippen molar-refractivity contribution in [3.05, 3.63) is 28.2 Å². The van der Waals surface area contributed by atoms with E-state index in [4.69, 9.17) is 10.00 Å². The number of hydrogen-bond acceptors (Lipinski definition) is 4. The van der Waals surface area contributed by atoms with Gasteiger partial charge in [-0.1, -0.05) is 0 Å². The normalized spacial score (nSPS) is 17.7. The van der Waals surface area contributed by atoms with Gasteiger partial charge in [0.1, 0.15) is 6.07 Å². The van der Waals surface area contributed by atoms with Crippen LogP contribution in [0.5, 0.6) is 0 Å². The zero-order chi connectivity index (χ0) is 13.7. The van der Waals surface area contributed by atoms with Gasteiger partial charge in [0.2, 0.25) is 0 Å². The lowest BCUT2D eigenvalue weighted by Crippen LogP contribution is -2.42. The molecule has 0 aliphatic carbocycles. The van der Waals surface area contributed by atoms with Crippen LogP contribution in [-0.4, -0.2) is 43.8 Å². The molecule has 4 nitrogen and oxygen atoms in total. The summed E-state index contributed by atoms with van der Waals surface area (Å²) in [5.74, 6) is 0. The second-order valence-electron chi connectivity index (χ2n) is 4.76. The van der Waals surface area contributed by atoms with Crippen molar-refractivity contribution in [2.75, 3.05) is 38.2 Å². The average Bonchev–Trinajstić information content (AvgIpc) is 2.40. The fourth-order valence-electron chi connectivity index (χ4n) is 2.20. The van der Waals surface area contributed by atoms with E-state index in [0.29, 0.717) is 11.6 Å². The first-order valence-electron chi connectivity index (χ1n) is 6.45. The summed E-state index contributed by atoms with van der Waals surface area (Å²) >= 11 is 3.41. The molecule has 2 rings (SSSR count). The number of nitrogens with one attached hydrogen (secondary N) is 1. The molecule has 1 aromatic carbocycles. The number of nitrogens with zero attached hydrogens (tertiary/aromatic N) is 2. The zero-order valence-corrected chi connectivity index (χ0v) is 12.6. The highest BCUT2D eigenvalue weighted by Gasteiger charge is 2.13. The van der Waals surface area contributed by atoms with Crippen molar-refractivity contribution in [2.24, 2.45) is 0 Å². The van der Waals surface area contributed by atoms with Crippen LogP contribution in [0.15, 0.2) is 22.7 Å². The van der Waals surface area contributed by atoms with Crippen LogP contribution in [0.25, 0.3) is 0 Å². The number of rotatable bonds is 4. The van der Waals surface area contributed by atoms with Crippen LogP contribution in [0.1, 0.15) is 12.5 Å². The molecule has 0 aromatic heterocycles. The van der Waals surface area contributed by atoms with Crippen LogP contribution in [0.4, 0.5) is 5.69 Å². The number of morpholine rings is 1. The van der Waals surface area contributed by atoms with Gasteiger partial charge in [-0.15, -0.1) is 0 Å². The molecule has 1 aliphatic heterocycles. The number of benzene rings is 1. The van der Waals surface area contributed by atoms with Crippen LogP contribution in [0.2, 0.25) is 0 Å². The summed E-state index contributed by atoms with van der Waals surface area (Å²) < 4.78 is 6.17. The Hall–Kier alpha value is -1.09. The summed E-state index contributed by atoms with van der Waals surface area (Å²) in [5, 5.41) is 12.3. The Bertz CT molecular complexity index is 466. The van der Waals surface area contributed by atoms with Gasteiger partial charge in [-0.2, -0.15) is 5.26 Å². The van der Waals surface area contributed by atoms with Gasteiger partial charge >= 0.3 is 0 Å². The van der Waals surface area contributed by atoms with Gasteiger partial charge in [-0.05, 0) is 41.1 Å². The summed E-state index contributed by atoms with van der Waals surface area (Å²) in [6.45, 7) is 6.83. The third-order valence-electron chi connectivity index (χ3n) is 3.14. The van der Waals surface area contributed by atoms with E-state index in [0.717, 1.165) is 43.0 Å². The van der Waals surface area contributed by atoms with E-state index in [1.807, 2.05) is 18.2 Å². The minimum absolute atomic E-state index is 0.359. The molecule has 19 heavy (non-hydrogen) atoms. The molecule has 1 atom stereocenters. The summed E-state index contributed by atoms with van der Waals surface area (Å²) in [6, 6.07) is 8.23. The largest absolute Gasteiger partial charge is 0.381 e. The minimum Gasteiger partial charge on any atom is -0.381 e. The molecule has 0 amide bonds. The predicted octanol–water partition coefficient (Wildman–Crippen LogP) is 2.45. The molecule has 0 spiro atoms. The van der Waals surface area contributed by atoms with Gasteiger partial charge in [0.15, 0.2) is 0 Å². The van der Waals surface area contributed by atoms with E-state index in [1.54, 1.807) is 0 Å². The van der Waals surface area contributed by atoms with Crippen molar-refractivity contribution in [3.8, 4) is 6.07 Å². The number of hydrogen-bond donors (Lipinski definition) is 1. The first-order valence-corrected chi connectivity index (χ1v) is 7.24. The van der Waals surface area contributed by atoms with Gasteiger partial charge in [0, 0.05) is 35.8 Å². The molecule has 1 N–H and O–H groups in total. The fraction of sp³-hybridized carbons (Fsp3) is 0.500. The number of ether oxygens (including phenoxy) is 1. The lowest BCUT2D eigenvalue weighted by atomic mass is 10.2. The molecule has 5 heteroatoms. The molecule has 0 saturated carbocycles. The lowest BCUT2D eigenvalue weighted by molar-refractivity contribution is 0.0368. The van der Waals surface area contributed by atoms with Crippen molar-refractivity contribution in [3.63, 3.8) is 0 Å². The Morgan fingerprint density at radius 2 is 2.21 bits per heavy atom. The summed E-state index contributed by atoms with van der Waals surface area (Å²) in [6.07, 6.45) is 0. The predicted molar refractivity (Wildman–Crippen MR) is 79.2 cm³/mol. The molecular formula is C14H18BrN3O. The molecule has 102 valence electrons. The summed E-state index contributed by atoms with van der Waals surface area (Å²) in [7, 11) is 0. The molecule has 1 saturated heterocycles. The van der Waals surface area contributed by atoms with E-state index >= 15 is 0 Å². The maximum Gasteiger partial charge on any atom is 0.100 e. The monoisotopic (exact) mass is 323 g/mol. The van der Waals surface area contributed by atoms with Crippen molar-refractivity contribution in [1.82, 2.24) is 4.90 Å². The third kappa shape index (κ3) is 4.20. The van der Waals surface area contributed by atoms with E-state index < -0.39 is 0 Å². The second-order valence-corrected chi connectivity index (χ2v) is 5.62. The van der Waals surface area contributed by atoms with Crippen LogP contribution in [-0.2, 0) is 4.74 Å². The first kappa shape index (κ1) is 14.3. The van der Waals surface area contributed by atoms with Crippen LogP contribution < -0.4 is 5.32 Å². The zero-order valence-electron chi connectivity index (χ0n) is 11.0. The van der Waals surface area contributed by atoms with Crippen LogP contribution in [0, 0.1) is 11.3 Å². The van der Waals surface area contributed by atoms with Crippen LogP contribution in [0.3, 0.4) is 0 Å². The molecule has 1 aromatic rings. The Labute approximate surface area is 122 Å². The maximum absolute atomic E-state index is 8.89. The van der Waals surface area contributed by atoms with Crippen LogP contribution >= 0.6 is 15.9 Å². The SMILES string of the molecule is CC(CN1CCOCC1)Nc1ccc(C#N)c(Br)c1. The molecule has 1 fully saturated rings. The Kier molecular flexibility index (Phi) is 5.20. The van der Waals surface area contributed by atoms with Gasteiger partial charge in [0.05, 0.1) is 18.8 Å². The highest BCUT2D eigenvalue weighted by Crippen LogP contribution is 2.21. The smallest absolute Gasteiger partial charge is 0.100 e. The Balaban J connectivity index is 1.89. The lowest BCUT2D eigenvalue weighted by Gasteiger charge is -2.29. The van der Waals surface area contributed by atoms with Crippen molar-refractivity contribution >= 4 is 21.6 Å². The van der Waals surface area contributed by atoms with Gasteiger partial charge in [-0.25, -0.2) is 0 Å². The highest BCUT2D eigenvalue weighted by atomic mass is 79.9. The van der Waals surface area contributed by atoms with Gasteiger partial charge < -0.3 is 10.1 Å². The molecule has 1 aliphatic rings. The van der Waals surface area contributed by atoms with Gasteiger partial charge in [-0.3, -0.25) is 4.90 Å². The summed E-state index contributed by atoms with van der Waals surface area (Å²) in [4.78, 5) is 2.40. The molecule has 0 bridgehead atoms. The molecule has 1 unspecified atom stereocenters. The topological polar surface area (TPSA) is 48.3 Å².